The predicted octanol–water partition coefficient (Wildman–Crippen LogP) is 1.16. The molecule has 2 N–H and O–H groups in total. The van der Waals surface area contributed by atoms with Crippen LogP contribution in [0.5, 0.6) is 0 Å². The second kappa shape index (κ2) is 7.37. The molecular formula is C13H19N3O4S. The number of thiazole rings is 1. The van der Waals surface area contributed by atoms with Crippen molar-refractivity contribution >= 4 is 23.3 Å². The molecule has 2 atom stereocenters. The van der Waals surface area contributed by atoms with E-state index in [0.717, 1.165) is 11.3 Å². The summed E-state index contributed by atoms with van der Waals surface area (Å²) in [4.78, 5) is 30.1. The third-order valence-corrected chi connectivity index (χ3v) is 4.17. The van der Waals surface area contributed by atoms with Crippen molar-refractivity contribution in [3.63, 3.8) is 0 Å². The Bertz CT molecular complexity index is 480. The minimum atomic E-state index is -0.922. The second-order valence-electron chi connectivity index (χ2n) is 4.87. The van der Waals surface area contributed by atoms with Gasteiger partial charge in [0.15, 0.2) is 0 Å². The first-order valence-corrected chi connectivity index (χ1v) is 7.73. The number of carbonyl (C=O) groups is 2. The molecule has 1 saturated heterocycles. The van der Waals surface area contributed by atoms with Crippen molar-refractivity contribution < 1.29 is 19.4 Å². The molecule has 1 fully saturated rings. The molecule has 2 heterocycles. The standard InChI is InChI=1S/C13H19N3O4S/c1-2-3-16(11-7-20-6-10(11)12(17)18)13(19)15-5-9-4-14-8-21-9/h4,8,10-11H,2-3,5-7H2,1H3,(H,15,19)(H,17,18). The molecule has 1 aliphatic rings. The summed E-state index contributed by atoms with van der Waals surface area (Å²) in [6, 6.07) is -0.670. The summed E-state index contributed by atoms with van der Waals surface area (Å²) in [6.07, 6.45) is 2.46. The van der Waals surface area contributed by atoms with Gasteiger partial charge in [-0.05, 0) is 6.42 Å². The fraction of sp³-hybridized carbons (Fsp3) is 0.615. The van der Waals surface area contributed by atoms with Gasteiger partial charge in [0, 0.05) is 17.6 Å². The molecule has 0 radical (unpaired) electrons. The van der Waals surface area contributed by atoms with E-state index < -0.39 is 17.9 Å². The first-order valence-electron chi connectivity index (χ1n) is 6.85. The van der Waals surface area contributed by atoms with Gasteiger partial charge in [0.25, 0.3) is 0 Å². The number of nitrogens with one attached hydrogen (secondary N) is 1. The van der Waals surface area contributed by atoms with Crippen LogP contribution in [0.4, 0.5) is 4.79 Å². The summed E-state index contributed by atoms with van der Waals surface area (Å²) in [7, 11) is 0. The molecule has 1 aromatic rings. The predicted molar refractivity (Wildman–Crippen MR) is 77.1 cm³/mol. The van der Waals surface area contributed by atoms with Gasteiger partial charge >= 0.3 is 12.0 Å². The Morgan fingerprint density at radius 2 is 2.38 bits per heavy atom. The van der Waals surface area contributed by atoms with E-state index in [9.17, 15) is 14.7 Å². The number of carbonyl (C=O) groups excluding carboxylic acids is 1. The third-order valence-electron chi connectivity index (χ3n) is 3.39. The van der Waals surface area contributed by atoms with Crippen molar-refractivity contribution in [2.45, 2.75) is 25.9 Å². The smallest absolute Gasteiger partial charge is 0.318 e. The zero-order valence-corrected chi connectivity index (χ0v) is 12.6. The van der Waals surface area contributed by atoms with E-state index in [2.05, 4.69) is 10.3 Å². The number of amides is 2. The first-order chi connectivity index (χ1) is 10.1. The number of ether oxygens (including phenoxy) is 1. The number of urea groups is 1. The van der Waals surface area contributed by atoms with Gasteiger partial charge < -0.3 is 20.1 Å². The van der Waals surface area contributed by atoms with Gasteiger partial charge in [-0.1, -0.05) is 6.92 Å². The monoisotopic (exact) mass is 313 g/mol. The van der Waals surface area contributed by atoms with Crippen molar-refractivity contribution in [2.75, 3.05) is 19.8 Å². The third kappa shape index (κ3) is 3.92. The summed E-state index contributed by atoms with van der Waals surface area (Å²) >= 11 is 1.46. The van der Waals surface area contributed by atoms with Crippen LogP contribution in [-0.4, -0.2) is 52.8 Å². The second-order valence-corrected chi connectivity index (χ2v) is 5.84. The lowest BCUT2D eigenvalue weighted by Gasteiger charge is -2.30. The SMILES string of the molecule is CCCN(C(=O)NCc1cncs1)C1COCC1C(=O)O. The Morgan fingerprint density at radius 1 is 1.57 bits per heavy atom. The lowest BCUT2D eigenvalue weighted by Crippen LogP contribution is -2.50. The summed E-state index contributed by atoms with van der Waals surface area (Å²) in [6.45, 7) is 3.28. The number of nitrogens with zero attached hydrogens (tertiary/aromatic N) is 2. The summed E-state index contributed by atoms with van der Waals surface area (Å²) in [5.74, 6) is -1.58. The van der Waals surface area contributed by atoms with Gasteiger partial charge in [-0.3, -0.25) is 9.78 Å². The molecule has 7 nitrogen and oxygen atoms in total. The van der Waals surface area contributed by atoms with Crippen molar-refractivity contribution in [1.82, 2.24) is 15.2 Å². The first kappa shape index (κ1) is 15.7. The van der Waals surface area contributed by atoms with Crippen molar-refractivity contribution in [3.05, 3.63) is 16.6 Å². The molecule has 0 spiro atoms. The molecule has 1 aromatic heterocycles. The van der Waals surface area contributed by atoms with Crippen LogP contribution in [0.15, 0.2) is 11.7 Å². The number of rotatable bonds is 6. The van der Waals surface area contributed by atoms with Gasteiger partial charge in [-0.25, -0.2) is 4.79 Å². The maximum absolute atomic E-state index is 12.3. The molecule has 0 bridgehead atoms. The lowest BCUT2D eigenvalue weighted by atomic mass is 10.0. The Labute approximate surface area is 126 Å². The number of aromatic nitrogens is 1. The molecule has 2 amide bonds. The van der Waals surface area contributed by atoms with Crippen LogP contribution >= 0.6 is 11.3 Å². The maximum Gasteiger partial charge on any atom is 0.318 e. The number of hydrogen-bond acceptors (Lipinski definition) is 5. The number of hydrogen-bond donors (Lipinski definition) is 2. The highest BCUT2D eigenvalue weighted by Gasteiger charge is 2.39. The van der Waals surface area contributed by atoms with Crippen molar-refractivity contribution in [3.8, 4) is 0 Å². The van der Waals surface area contributed by atoms with Crippen LogP contribution in [-0.2, 0) is 16.1 Å². The Balaban J connectivity index is 1.99. The molecule has 2 unspecified atom stereocenters. The highest BCUT2D eigenvalue weighted by molar-refractivity contribution is 7.09. The number of carboxylic acids is 1. The maximum atomic E-state index is 12.3. The van der Waals surface area contributed by atoms with Crippen LogP contribution in [0.25, 0.3) is 0 Å². The summed E-state index contributed by atoms with van der Waals surface area (Å²) in [5.41, 5.74) is 1.70. The zero-order chi connectivity index (χ0) is 15.2. The van der Waals surface area contributed by atoms with Crippen LogP contribution in [0.1, 0.15) is 18.2 Å². The fourth-order valence-electron chi connectivity index (χ4n) is 2.34. The van der Waals surface area contributed by atoms with E-state index in [4.69, 9.17) is 4.74 Å². The molecule has 0 aliphatic carbocycles. The zero-order valence-electron chi connectivity index (χ0n) is 11.8. The topological polar surface area (TPSA) is 91.8 Å². The fourth-order valence-corrected chi connectivity index (χ4v) is 2.87. The highest BCUT2D eigenvalue weighted by atomic mass is 32.1. The van der Waals surface area contributed by atoms with E-state index in [-0.39, 0.29) is 19.2 Å². The minimum Gasteiger partial charge on any atom is -0.481 e. The Kier molecular flexibility index (Phi) is 5.51. The average Bonchev–Trinajstić information content (AvgIpc) is 3.12. The molecule has 0 aromatic carbocycles. The molecule has 21 heavy (non-hydrogen) atoms. The van der Waals surface area contributed by atoms with E-state index >= 15 is 0 Å². The van der Waals surface area contributed by atoms with Crippen molar-refractivity contribution in [1.29, 1.82) is 0 Å². The molecule has 8 heteroatoms. The van der Waals surface area contributed by atoms with Gasteiger partial charge in [0.05, 0.1) is 31.3 Å². The Morgan fingerprint density at radius 3 is 3.00 bits per heavy atom. The normalized spacial score (nSPS) is 21.2. The minimum absolute atomic E-state index is 0.155. The molecule has 2 rings (SSSR count). The summed E-state index contributed by atoms with van der Waals surface area (Å²) < 4.78 is 5.25. The number of aliphatic carboxylic acids is 1. The van der Waals surface area contributed by atoms with Crippen LogP contribution < -0.4 is 5.32 Å². The van der Waals surface area contributed by atoms with Crippen LogP contribution in [0, 0.1) is 5.92 Å². The lowest BCUT2D eigenvalue weighted by molar-refractivity contribution is -0.142. The molecular weight excluding hydrogens is 294 g/mol. The molecule has 116 valence electrons. The highest BCUT2D eigenvalue weighted by Crippen LogP contribution is 2.20. The van der Waals surface area contributed by atoms with Gasteiger partial charge in [-0.2, -0.15) is 0 Å². The van der Waals surface area contributed by atoms with E-state index in [1.807, 2.05) is 6.92 Å². The largest absolute Gasteiger partial charge is 0.481 e. The average molecular weight is 313 g/mol. The van der Waals surface area contributed by atoms with Gasteiger partial charge in [-0.15, -0.1) is 11.3 Å². The van der Waals surface area contributed by atoms with Crippen molar-refractivity contribution in [2.24, 2.45) is 5.92 Å². The van der Waals surface area contributed by atoms with Crippen LogP contribution in [0.2, 0.25) is 0 Å². The van der Waals surface area contributed by atoms with E-state index in [0.29, 0.717) is 13.1 Å². The van der Waals surface area contributed by atoms with E-state index in [1.165, 1.54) is 11.3 Å². The number of carboxylic acid groups (broad SMARTS) is 1. The quantitative estimate of drug-likeness (QED) is 0.822. The van der Waals surface area contributed by atoms with Gasteiger partial charge in [0.1, 0.15) is 5.92 Å². The summed E-state index contributed by atoms with van der Waals surface area (Å²) in [5, 5.41) is 12.0. The van der Waals surface area contributed by atoms with E-state index in [1.54, 1.807) is 16.6 Å². The molecule has 0 saturated carbocycles. The Hall–Kier alpha value is -1.67. The van der Waals surface area contributed by atoms with Crippen LogP contribution in [0.3, 0.4) is 0 Å². The van der Waals surface area contributed by atoms with Gasteiger partial charge in [0.2, 0.25) is 0 Å². The molecule has 1 aliphatic heterocycles.